The zero-order valence-corrected chi connectivity index (χ0v) is 11.7. The molecule has 0 aromatic carbocycles. The van der Waals surface area contributed by atoms with Gasteiger partial charge in [-0.2, -0.15) is 0 Å². The zero-order valence-electron chi connectivity index (χ0n) is 10.7. The van der Waals surface area contributed by atoms with E-state index >= 15 is 0 Å². The highest BCUT2D eigenvalue weighted by atomic mass is 28.4. The average molecular weight is 243 g/mol. The van der Waals surface area contributed by atoms with Gasteiger partial charge in [0.1, 0.15) is 5.71 Å². The van der Waals surface area contributed by atoms with Gasteiger partial charge in [0.15, 0.2) is 8.32 Å². The molecule has 0 aromatic heterocycles. The lowest BCUT2D eigenvalue weighted by Gasteiger charge is -2.38. The summed E-state index contributed by atoms with van der Waals surface area (Å²) in [4.78, 5) is 14.7. The van der Waals surface area contributed by atoms with Gasteiger partial charge in [0, 0.05) is 6.42 Å². The van der Waals surface area contributed by atoms with E-state index in [0.717, 1.165) is 0 Å². The van der Waals surface area contributed by atoms with Crippen molar-refractivity contribution in [1.82, 2.24) is 0 Å². The normalized spacial score (nSPS) is 22.1. The van der Waals surface area contributed by atoms with Gasteiger partial charge < -0.3 is 9.53 Å². The number of hydrogen-bond donors (Lipinski definition) is 1. The van der Waals surface area contributed by atoms with Gasteiger partial charge in [-0.1, -0.05) is 20.8 Å². The quantitative estimate of drug-likeness (QED) is 0.774. The third-order valence-electron chi connectivity index (χ3n) is 3.42. The first-order chi connectivity index (χ1) is 7.13. The Hall–Kier alpha value is -0.683. The maximum absolute atomic E-state index is 10.7. The Labute approximate surface area is 97.9 Å². The van der Waals surface area contributed by atoms with Crippen molar-refractivity contribution >= 4 is 20.0 Å². The summed E-state index contributed by atoms with van der Waals surface area (Å²) in [6.07, 6.45) is 0.411. The van der Waals surface area contributed by atoms with Crippen LogP contribution in [-0.4, -0.2) is 37.8 Å². The molecule has 0 radical (unpaired) electrons. The zero-order chi connectivity index (χ0) is 12.6. The van der Waals surface area contributed by atoms with Crippen LogP contribution in [-0.2, 0) is 9.22 Å². The Morgan fingerprint density at radius 1 is 1.50 bits per heavy atom. The molecule has 1 heterocycles. The van der Waals surface area contributed by atoms with Gasteiger partial charge in [-0.3, -0.25) is 4.99 Å². The second-order valence-electron chi connectivity index (χ2n) is 5.80. The number of carboxylic acids is 1. The molecule has 92 valence electrons. The van der Waals surface area contributed by atoms with Crippen molar-refractivity contribution in [3.63, 3.8) is 0 Å². The van der Waals surface area contributed by atoms with Crippen molar-refractivity contribution in [2.45, 2.75) is 51.4 Å². The SMILES string of the molecule is CC(C)(C)[Si](C)(C)O[C@@H]1CN=C(C(=O)O)C1. The molecular weight excluding hydrogens is 222 g/mol. The van der Waals surface area contributed by atoms with Crippen molar-refractivity contribution in [3.8, 4) is 0 Å². The average Bonchev–Trinajstić information content (AvgIpc) is 2.49. The molecule has 0 aliphatic carbocycles. The number of carboxylic acid groups (broad SMARTS) is 1. The molecule has 0 fully saturated rings. The van der Waals surface area contributed by atoms with Gasteiger partial charge in [0.2, 0.25) is 0 Å². The molecule has 1 N–H and O–H groups in total. The maximum atomic E-state index is 10.7. The molecule has 1 rings (SSSR count). The molecule has 0 saturated heterocycles. The molecule has 5 heteroatoms. The highest BCUT2D eigenvalue weighted by Crippen LogP contribution is 2.38. The van der Waals surface area contributed by atoms with E-state index in [1.807, 2.05) is 0 Å². The monoisotopic (exact) mass is 243 g/mol. The van der Waals surface area contributed by atoms with E-state index < -0.39 is 14.3 Å². The first kappa shape index (κ1) is 13.4. The lowest BCUT2D eigenvalue weighted by atomic mass is 10.2. The Balaban J connectivity index is 2.57. The van der Waals surface area contributed by atoms with Gasteiger partial charge in [-0.25, -0.2) is 4.79 Å². The summed E-state index contributed by atoms with van der Waals surface area (Å²) in [5.41, 5.74) is 0.253. The lowest BCUT2D eigenvalue weighted by Crippen LogP contribution is -2.44. The van der Waals surface area contributed by atoms with Crippen LogP contribution in [0.3, 0.4) is 0 Å². The second kappa shape index (κ2) is 4.29. The van der Waals surface area contributed by atoms with Crippen molar-refractivity contribution < 1.29 is 14.3 Å². The number of nitrogens with zero attached hydrogens (tertiary/aromatic N) is 1. The molecule has 0 saturated carbocycles. The van der Waals surface area contributed by atoms with Crippen LogP contribution < -0.4 is 0 Å². The molecular formula is C11H21NO3Si. The van der Waals surface area contributed by atoms with Crippen LogP contribution in [0.4, 0.5) is 0 Å². The van der Waals surface area contributed by atoms with Crippen LogP contribution in [0.15, 0.2) is 4.99 Å². The summed E-state index contributed by atoms with van der Waals surface area (Å²) in [5.74, 6) is -0.915. The number of aliphatic imine (C=N–C) groups is 1. The van der Waals surface area contributed by atoms with E-state index in [4.69, 9.17) is 9.53 Å². The van der Waals surface area contributed by atoms with E-state index in [1.165, 1.54) is 0 Å². The van der Waals surface area contributed by atoms with E-state index in [-0.39, 0.29) is 16.9 Å². The second-order valence-corrected chi connectivity index (χ2v) is 10.6. The summed E-state index contributed by atoms with van der Waals surface area (Å²) in [7, 11) is -1.80. The minimum atomic E-state index is -1.80. The van der Waals surface area contributed by atoms with E-state index in [0.29, 0.717) is 13.0 Å². The molecule has 1 atom stereocenters. The lowest BCUT2D eigenvalue weighted by molar-refractivity contribution is -0.129. The van der Waals surface area contributed by atoms with E-state index in [1.54, 1.807) is 0 Å². The smallest absolute Gasteiger partial charge is 0.349 e. The third-order valence-corrected chi connectivity index (χ3v) is 7.96. The van der Waals surface area contributed by atoms with Crippen molar-refractivity contribution in [1.29, 1.82) is 0 Å². The fourth-order valence-electron chi connectivity index (χ4n) is 1.38. The van der Waals surface area contributed by atoms with Crippen molar-refractivity contribution in [2.75, 3.05) is 6.54 Å². The molecule has 1 aliphatic heterocycles. The Morgan fingerprint density at radius 2 is 2.06 bits per heavy atom. The van der Waals surface area contributed by atoms with Crippen LogP contribution in [0, 0.1) is 0 Å². The molecule has 0 amide bonds. The number of aliphatic carboxylic acids is 1. The van der Waals surface area contributed by atoms with Gasteiger partial charge in [-0.05, 0) is 18.1 Å². The molecule has 1 aliphatic rings. The number of hydrogen-bond acceptors (Lipinski definition) is 3. The van der Waals surface area contributed by atoms with Gasteiger partial charge in [-0.15, -0.1) is 0 Å². The molecule has 4 nitrogen and oxygen atoms in total. The number of rotatable bonds is 3. The highest BCUT2D eigenvalue weighted by molar-refractivity contribution is 6.74. The summed E-state index contributed by atoms with van der Waals surface area (Å²) in [6.45, 7) is 11.4. The van der Waals surface area contributed by atoms with Gasteiger partial charge >= 0.3 is 5.97 Å². The predicted molar refractivity (Wildman–Crippen MR) is 66.6 cm³/mol. The number of carbonyl (C=O) groups is 1. The van der Waals surface area contributed by atoms with Gasteiger partial charge in [0.25, 0.3) is 0 Å². The topological polar surface area (TPSA) is 58.9 Å². The summed E-state index contributed by atoms with van der Waals surface area (Å²) in [6, 6.07) is 0. The Bertz CT molecular complexity index is 318. The Kier molecular flexibility index (Phi) is 3.59. The first-order valence-electron chi connectivity index (χ1n) is 5.58. The Morgan fingerprint density at radius 3 is 2.44 bits per heavy atom. The molecule has 16 heavy (non-hydrogen) atoms. The highest BCUT2D eigenvalue weighted by Gasteiger charge is 2.40. The van der Waals surface area contributed by atoms with E-state index in [2.05, 4.69) is 38.9 Å². The standard InChI is InChI=1S/C11H21NO3Si/c1-11(2,3)16(4,5)15-8-6-9(10(13)14)12-7-8/h8H,6-7H2,1-5H3,(H,13,14)/t8-/m0/s1. The summed E-state index contributed by atoms with van der Waals surface area (Å²) >= 11 is 0. The van der Waals surface area contributed by atoms with Crippen LogP contribution in [0.25, 0.3) is 0 Å². The molecule has 0 bridgehead atoms. The van der Waals surface area contributed by atoms with Crippen LogP contribution in [0.5, 0.6) is 0 Å². The van der Waals surface area contributed by atoms with Crippen LogP contribution >= 0.6 is 0 Å². The van der Waals surface area contributed by atoms with Crippen molar-refractivity contribution in [3.05, 3.63) is 0 Å². The molecule has 0 spiro atoms. The predicted octanol–water partition coefficient (Wildman–Crippen LogP) is 2.31. The van der Waals surface area contributed by atoms with Crippen molar-refractivity contribution in [2.24, 2.45) is 4.99 Å². The van der Waals surface area contributed by atoms with Gasteiger partial charge in [0.05, 0.1) is 12.6 Å². The first-order valence-corrected chi connectivity index (χ1v) is 8.49. The van der Waals surface area contributed by atoms with Crippen LogP contribution in [0.1, 0.15) is 27.2 Å². The van der Waals surface area contributed by atoms with Crippen LogP contribution in [0.2, 0.25) is 18.1 Å². The largest absolute Gasteiger partial charge is 0.477 e. The molecule has 0 unspecified atom stereocenters. The fourth-order valence-corrected chi connectivity index (χ4v) is 2.73. The fraction of sp³-hybridized carbons (Fsp3) is 0.818. The maximum Gasteiger partial charge on any atom is 0.349 e. The minimum absolute atomic E-state index is 0.0352. The van der Waals surface area contributed by atoms with E-state index in [9.17, 15) is 4.79 Å². The molecule has 0 aromatic rings. The summed E-state index contributed by atoms with van der Waals surface area (Å²) in [5, 5.41) is 8.97. The minimum Gasteiger partial charge on any atom is -0.477 e. The summed E-state index contributed by atoms with van der Waals surface area (Å²) < 4.78 is 6.10. The third kappa shape index (κ3) is 2.92.